The van der Waals surface area contributed by atoms with E-state index in [1.54, 1.807) is 13.0 Å². The molecule has 3 atom stereocenters. The van der Waals surface area contributed by atoms with Gasteiger partial charge in [-0.2, -0.15) is 13.2 Å². The Kier molecular flexibility index (Phi) is 3.29. The number of fused-ring (bicyclic) bond motifs is 1. The standard InChI is InChI=1S/C15H19F3N2/c1-8-4-12(15(16,17)18)2-3-13(8)14(20-19)11-6-9-5-10(9)7-11/h2-4,9-11,14,20H,5-7,19H2,1H3. The Morgan fingerprint density at radius 3 is 2.35 bits per heavy atom. The Balaban J connectivity index is 1.84. The maximum atomic E-state index is 12.7. The number of hydrogen-bond acceptors (Lipinski definition) is 2. The first-order chi connectivity index (χ1) is 9.40. The summed E-state index contributed by atoms with van der Waals surface area (Å²) >= 11 is 0. The van der Waals surface area contributed by atoms with Gasteiger partial charge in [0.1, 0.15) is 0 Å². The lowest BCUT2D eigenvalue weighted by Crippen LogP contribution is -2.33. The van der Waals surface area contributed by atoms with Crippen LogP contribution in [0.3, 0.4) is 0 Å². The Morgan fingerprint density at radius 1 is 1.20 bits per heavy atom. The zero-order valence-electron chi connectivity index (χ0n) is 11.4. The summed E-state index contributed by atoms with van der Waals surface area (Å²) in [6, 6.07) is 3.91. The normalized spacial score (nSPS) is 30.1. The minimum atomic E-state index is -4.29. The lowest BCUT2D eigenvalue weighted by atomic mass is 9.87. The van der Waals surface area contributed by atoms with Crippen LogP contribution in [0.2, 0.25) is 0 Å². The zero-order valence-corrected chi connectivity index (χ0v) is 11.4. The van der Waals surface area contributed by atoms with Crippen LogP contribution in [0.4, 0.5) is 13.2 Å². The Bertz CT molecular complexity index is 502. The van der Waals surface area contributed by atoms with Crippen molar-refractivity contribution in [3.63, 3.8) is 0 Å². The van der Waals surface area contributed by atoms with Gasteiger partial charge >= 0.3 is 6.18 Å². The van der Waals surface area contributed by atoms with Gasteiger partial charge in [-0.3, -0.25) is 11.3 Å². The second-order valence-corrected chi connectivity index (χ2v) is 6.20. The summed E-state index contributed by atoms with van der Waals surface area (Å²) in [5.41, 5.74) is 3.78. The third-order valence-corrected chi connectivity index (χ3v) is 4.86. The number of aryl methyl sites for hydroxylation is 1. The number of rotatable bonds is 3. The number of hydrogen-bond donors (Lipinski definition) is 2. The van der Waals surface area contributed by atoms with E-state index in [4.69, 9.17) is 5.84 Å². The molecule has 20 heavy (non-hydrogen) atoms. The van der Waals surface area contributed by atoms with Crippen molar-refractivity contribution < 1.29 is 13.2 Å². The fourth-order valence-electron chi connectivity index (χ4n) is 3.71. The molecule has 1 aromatic carbocycles. The van der Waals surface area contributed by atoms with Gasteiger partial charge in [-0.25, -0.2) is 0 Å². The number of hydrazine groups is 1. The summed E-state index contributed by atoms with van der Waals surface area (Å²) in [6.45, 7) is 1.73. The molecule has 2 aliphatic rings. The van der Waals surface area contributed by atoms with Crippen molar-refractivity contribution in [2.75, 3.05) is 0 Å². The molecule has 1 aromatic rings. The second kappa shape index (κ2) is 4.74. The number of alkyl halides is 3. The van der Waals surface area contributed by atoms with Crippen LogP contribution in [0.15, 0.2) is 18.2 Å². The quantitative estimate of drug-likeness (QED) is 0.658. The van der Waals surface area contributed by atoms with Gasteiger partial charge < -0.3 is 0 Å². The summed E-state index contributed by atoms with van der Waals surface area (Å²) in [6.07, 6.45) is -0.691. The minimum absolute atomic E-state index is 0.0370. The maximum Gasteiger partial charge on any atom is 0.416 e. The van der Waals surface area contributed by atoms with Crippen molar-refractivity contribution in [1.29, 1.82) is 0 Å². The largest absolute Gasteiger partial charge is 0.416 e. The number of halogens is 3. The molecule has 0 spiro atoms. The molecule has 2 aliphatic carbocycles. The van der Waals surface area contributed by atoms with Gasteiger partial charge in [0.15, 0.2) is 0 Å². The van der Waals surface area contributed by atoms with E-state index in [1.165, 1.54) is 12.5 Å². The Labute approximate surface area is 116 Å². The monoisotopic (exact) mass is 284 g/mol. The molecule has 2 fully saturated rings. The molecule has 0 aliphatic heterocycles. The van der Waals surface area contributed by atoms with E-state index in [-0.39, 0.29) is 6.04 Å². The fraction of sp³-hybridized carbons (Fsp3) is 0.600. The lowest BCUT2D eigenvalue weighted by molar-refractivity contribution is -0.137. The highest BCUT2D eigenvalue weighted by molar-refractivity contribution is 5.35. The Hall–Kier alpha value is -1.07. The van der Waals surface area contributed by atoms with Crippen LogP contribution in [0.5, 0.6) is 0 Å². The van der Waals surface area contributed by atoms with E-state index >= 15 is 0 Å². The van der Waals surface area contributed by atoms with E-state index in [0.717, 1.165) is 36.3 Å². The van der Waals surface area contributed by atoms with E-state index in [2.05, 4.69) is 5.43 Å². The van der Waals surface area contributed by atoms with Crippen LogP contribution in [0, 0.1) is 24.7 Å². The first-order valence-electron chi connectivity index (χ1n) is 7.04. The minimum Gasteiger partial charge on any atom is -0.271 e. The van der Waals surface area contributed by atoms with E-state index in [0.29, 0.717) is 11.5 Å². The second-order valence-electron chi connectivity index (χ2n) is 6.20. The van der Waals surface area contributed by atoms with Crippen molar-refractivity contribution in [3.8, 4) is 0 Å². The number of benzene rings is 1. The van der Waals surface area contributed by atoms with Gasteiger partial charge in [-0.1, -0.05) is 6.07 Å². The third kappa shape index (κ3) is 2.44. The molecular weight excluding hydrogens is 265 g/mol. The van der Waals surface area contributed by atoms with Crippen molar-refractivity contribution in [3.05, 3.63) is 34.9 Å². The van der Waals surface area contributed by atoms with Crippen molar-refractivity contribution in [2.45, 2.75) is 38.4 Å². The smallest absolute Gasteiger partial charge is 0.271 e. The van der Waals surface area contributed by atoms with Crippen molar-refractivity contribution >= 4 is 0 Å². The van der Waals surface area contributed by atoms with Crippen molar-refractivity contribution in [1.82, 2.24) is 5.43 Å². The van der Waals surface area contributed by atoms with Crippen LogP contribution in [-0.2, 0) is 6.18 Å². The Morgan fingerprint density at radius 2 is 1.85 bits per heavy atom. The number of nitrogens with two attached hydrogens (primary N) is 1. The molecule has 0 amide bonds. The maximum absolute atomic E-state index is 12.7. The average Bonchev–Trinajstić information content (AvgIpc) is 2.98. The zero-order chi connectivity index (χ0) is 14.5. The van der Waals surface area contributed by atoms with Gasteiger partial charge in [0.2, 0.25) is 0 Å². The molecule has 3 N–H and O–H groups in total. The summed E-state index contributed by atoms with van der Waals surface area (Å²) in [4.78, 5) is 0. The fourth-order valence-corrected chi connectivity index (χ4v) is 3.71. The molecule has 2 saturated carbocycles. The summed E-state index contributed by atoms with van der Waals surface area (Å²) < 4.78 is 38.1. The van der Waals surface area contributed by atoms with E-state index in [1.807, 2.05) is 0 Å². The van der Waals surface area contributed by atoms with E-state index in [9.17, 15) is 13.2 Å². The third-order valence-electron chi connectivity index (χ3n) is 4.86. The number of nitrogens with one attached hydrogen (secondary N) is 1. The molecule has 3 unspecified atom stereocenters. The molecule has 0 heterocycles. The highest BCUT2D eigenvalue weighted by Gasteiger charge is 2.48. The molecule has 0 aromatic heterocycles. The van der Waals surface area contributed by atoms with Crippen LogP contribution >= 0.6 is 0 Å². The summed E-state index contributed by atoms with van der Waals surface area (Å²) in [5.74, 6) is 7.76. The van der Waals surface area contributed by atoms with E-state index < -0.39 is 11.7 Å². The first kappa shape index (κ1) is 13.9. The molecular formula is C15H19F3N2. The van der Waals surface area contributed by atoms with Gasteiger partial charge in [-0.05, 0) is 67.2 Å². The molecule has 0 saturated heterocycles. The van der Waals surface area contributed by atoms with Gasteiger partial charge in [0.25, 0.3) is 0 Å². The predicted octanol–water partition coefficient (Wildman–Crippen LogP) is 3.56. The average molecular weight is 284 g/mol. The molecule has 0 bridgehead atoms. The van der Waals surface area contributed by atoms with Crippen molar-refractivity contribution in [2.24, 2.45) is 23.6 Å². The molecule has 3 rings (SSSR count). The first-order valence-corrected chi connectivity index (χ1v) is 7.04. The predicted molar refractivity (Wildman–Crippen MR) is 70.6 cm³/mol. The van der Waals surface area contributed by atoms with Gasteiger partial charge in [0, 0.05) is 6.04 Å². The van der Waals surface area contributed by atoms with Gasteiger partial charge in [-0.15, -0.1) is 0 Å². The molecule has 5 heteroatoms. The highest BCUT2D eigenvalue weighted by atomic mass is 19.4. The SMILES string of the molecule is Cc1cc(C(F)(F)F)ccc1C(NN)C1CC2CC2C1. The summed E-state index contributed by atoms with van der Waals surface area (Å²) in [5, 5.41) is 0. The lowest BCUT2D eigenvalue weighted by Gasteiger charge is -2.26. The molecule has 2 nitrogen and oxygen atoms in total. The van der Waals surface area contributed by atoms with Gasteiger partial charge in [0.05, 0.1) is 5.56 Å². The summed E-state index contributed by atoms with van der Waals surface area (Å²) in [7, 11) is 0. The van der Waals surface area contributed by atoms with Crippen LogP contribution in [-0.4, -0.2) is 0 Å². The van der Waals surface area contributed by atoms with Crippen LogP contribution in [0.25, 0.3) is 0 Å². The molecule has 0 radical (unpaired) electrons. The highest BCUT2D eigenvalue weighted by Crippen LogP contribution is 2.57. The van der Waals surface area contributed by atoms with Crippen LogP contribution in [0.1, 0.15) is 42.0 Å². The van der Waals surface area contributed by atoms with Crippen LogP contribution < -0.4 is 11.3 Å². The molecule has 110 valence electrons. The topological polar surface area (TPSA) is 38.0 Å².